The van der Waals surface area contributed by atoms with Gasteiger partial charge in [0.25, 0.3) is 0 Å². The highest BCUT2D eigenvalue weighted by atomic mass is 35.5. The van der Waals surface area contributed by atoms with Gasteiger partial charge in [-0.25, -0.2) is 0 Å². The van der Waals surface area contributed by atoms with Crippen LogP contribution >= 0.6 is 12.4 Å². The number of rotatable bonds is 6. The topological polar surface area (TPSA) is 41.6 Å². The Balaban J connectivity index is 0.00000225. The van der Waals surface area contributed by atoms with Gasteiger partial charge in [-0.15, -0.1) is 12.4 Å². The lowest BCUT2D eigenvalue weighted by molar-refractivity contribution is -0.131. The van der Waals surface area contributed by atoms with Crippen molar-refractivity contribution in [3.63, 3.8) is 0 Å². The summed E-state index contributed by atoms with van der Waals surface area (Å²) in [5.41, 5.74) is 0. The number of ether oxygens (including phenoxy) is 1. The first-order chi connectivity index (χ1) is 7.24. The molecule has 0 aliphatic carbocycles. The van der Waals surface area contributed by atoms with Gasteiger partial charge in [0.05, 0.1) is 6.10 Å². The van der Waals surface area contributed by atoms with E-state index in [-0.39, 0.29) is 24.4 Å². The standard InChI is InChI=1S/C11H22N2O2.ClH/c1-12-7-3-6-11(14)13(2)9-10-5-4-8-15-10;/h10,12H,3-9H2,1-2H3;1H. The quantitative estimate of drug-likeness (QED) is 0.717. The van der Waals surface area contributed by atoms with Crippen molar-refractivity contribution in [1.82, 2.24) is 10.2 Å². The van der Waals surface area contributed by atoms with E-state index in [0.717, 1.165) is 39.0 Å². The Bertz CT molecular complexity index is 196. The maximum absolute atomic E-state index is 11.6. The van der Waals surface area contributed by atoms with Crippen LogP contribution in [0.4, 0.5) is 0 Å². The highest BCUT2D eigenvalue weighted by Gasteiger charge is 2.19. The third-order valence-electron chi connectivity index (χ3n) is 2.74. The summed E-state index contributed by atoms with van der Waals surface area (Å²) >= 11 is 0. The molecule has 5 heteroatoms. The second-order valence-corrected chi connectivity index (χ2v) is 4.12. The smallest absolute Gasteiger partial charge is 0.222 e. The van der Waals surface area contributed by atoms with Crippen LogP contribution in [0, 0.1) is 0 Å². The number of hydrogen-bond acceptors (Lipinski definition) is 3. The molecule has 1 fully saturated rings. The van der Waals surface area contributed by atoms with Crippen molar-refractivity contribution >= 4 is 18.3 Å². The monoisotopic (exact) mass is 250 g/mol. The van der Waals surface area contributed by atoms with E-state index in [1.54, 1.807) is 4.90 Å². The molecule has 0 spiro atoms. The Morgan fingerprint density at radius 1 is 1.56 bits per heavy atom. The lowest BCUT2D eigenvalue weighted by Crippen LogP contribution is -2.34. The zero-order chi connectivity index (χ0) is 11.1. The Kier molecular flexibility index (Phi) is 8.61. The molecule has 1 unspecified atom stereocenters. The van der Waals surface area contributed by atoms with E-state index >= 15 is 0 Å². The summed E-state index contributed by atoms with van der Waals surface area (Å²) in [6.45, 7) is 2.50. The molecule has 4 nitrogen and oxygen atoms in total. The third kappa shape index (κ3) is 5.68. The Morgan fingerprint density at radius 3 is 2.88 bits per heavy atom. The number of nitrogens with zero attached hydrogens (tertiary/aromatic N) is 1. The first-order valence-electron chi connectivity index (χ1n) is 5.74. The van der Waals surface area contributed by atoms with Gasteiger partial charge in [-0.2, -0.15) is 0 Å². The molecule has 1 saturated heterocycles. The Labute approximate surface area is 104 Å². The van der Waals surface area contributed by atoms with Gasteiger partial charge >= 0.3 is 0 Å². The van der Waals surface area contributed by atoms with Crippen molar-refractivity contribution in [2.45, 2.75) is 31.8 Å². The minimum Gasteiger partial charge on any atom is -0.376 e. The summed E-state index contributed by atoms with van der Waals surface area (Å²) in [4.78, 5) is 13.4. The van der Waals surface area contributed by atoms with Gasteiger partial charge < -0.3 is 15.0 Å². The minimum atomic E-state index is 0. The predicted molar refractivity (Wildman–Crippen MR) is 67.0 cm³/mol. The average Bonchev–Trinajstić information content (AvgIpc) is 2.70. The molecule has 0 aromatic carbocycles. The van der Waals surface area contributed by atoms with Gasteiger partial charge in [0, 0.05) is 26.6 Å². The fourth-order valence-electron chi connectivity index (χ4n) is 1.80. The number of hydrogen-bond donors (Lipinski definition) is 1. The number of nitrogens with one attached hydrogen (secondary N) is 1. The molecule has 0 bridgehead atoms. The molecule has 1 N–H and O–H groups in total. The van der Waals surface area contributed by atoms with E-state index in [2.05, 4.69) is 5.32 Å². The molecule has 0 saturated carbocycles. The lowest BCUT2D eigenvalue weighted by atomic mass is 10.2. The second-order valence-electron chi connectivity index (χ2n) is 4.12. The summed E-state index contributed by atoms with van der Waals surface area (Å²) in [5, 5.41) is 3.04. The number of amides is 1. The van der Waals surface area contributed by atoms with Crippen LogP contribution in [0.1, 0.15) is 25.7 Å². The molecule has 0 radical (unpaired) electrons. The maximum atomic E-state index is 11.6. The summed E-state index contributed by atoms with van der Waals surface area (Å²) in [6.07, 6.45) is 4.03. The van der Waals surface area contributed by atoms with Crippen LogP contribution in [-0.4, -0.2) is 50.7 Å². The van der Waals surface area contributed by atoms with Crippen LogP contribution in [0.25, 0.3) is 0 Å². The molecule has 0 aromatic rings. The van der Waals surface area contributed by atoms with Crippen LogP contribution < -0.4 is 5.32 Å². The van der Waals surface area contributed by atoms with Crippen LogP contribution in [0.2, 0.25) is 0 Å². The first-order valence-corrected chi connectivity index (χ1v) is 5.74. The largest absolute Gasteiger partial charge is 0.376 e. The number of carbonyl (C=O) groups excluding carboxylic acids is 1. The molecular weight excluding hydrogens is 228 g/mol. The van der Waals surface area contributed by atoms with Crippen LogP contribution in [-0.2, 0) is 9.53 Å². The van der Waals surface area contributed by atoms with Crippen molar-refractivity contribution < 1.29 is 9.53 Å². The van der Waals surface area contributed by atoms with Crippen molar-refractivity contribution in [2.75, 3.05) is 33.8 Å². The van der Waals surface area contributed by atoms with E-state index in [1.807, 2.05) is 14.1 Å². The SMILES string of the molecule is CNCCCC(=O)N(C)CC1CCCO1.Cl. The third-order valence-corrected chi connectivity index (χ3v) is 2.74. The molecule has 96 valence electrons. The lowest BCUT2D eigenvalue weighted by Gasteiger charge is -2.20. The number of halogens is 1. The van der Waals surface area contributed by atoms with E-state index in [4.69, 9.17) is 4.74 Å². The maximum Gasteiger partial charge on any atom is 0.222 e. The molecule has 1 amide bonds. The molecule has 1 aliphatic rings. The molecule has 1 heterocycles. The fourth-order valence-corrected chi connectivity index (χ4v) is 1.80. The average molecular weight is 251 g/mol. The van der Waals surface area contributed by atoms with Gasteiger partial charge in [-0.1, -0.05) is 0 Å². The number of likely N-dealkylation sites (N-methyl/N-ethyl adjacent to an activating group) is 1. The molecule has 16 heavy (non-hydrogen) atoms. The summed E-state index contributed by atoms with van der Waals surface area (Å²) < 4.78 is 5.49. The molecule has 0 aromatic heterocycles. The van der Waals surface area contributed by atoms with Crippen LogP contribution in [0.15, 0.2) is 0 Å². The van der Waals surface area contributed by atoms with E-state index in [1.165, 1.54) is 0 Å². The summed E-state index contributed by atoms with van der Waals surface area (Å²) in [6, 6.07) is 0. The van der Waals surface area contributed by atoms with Gasteiger partial charge in [0.15, 0.2) is 0 Å². The van der Waals surface area contributed by atoms with Gasteiger partial charge in [-0.05, 0) is 32.9 Å². The summed E-state index contributed by atoms with van der Waals surface area (Å²) in [5.74, 6) is 0.223. The molecular formula is C11H23ClN2O2. The highest BCUT2D eigenvalue weighted by molar-refractivity contribution is 5.85. The number of carbonyl (C=O) groups is 1. The molecule has 1 atom stereocenters. The van der Waals surface area contributed by atoms with Crippen molar-refractivity contribution in [3.05, 3.63) is 0 Å². The van der Waals surface area contributed by atoms with Crippen molar-refractivity contribution in [1.29, 1.82) is 0 Å². The molecule has 1 aliphatic heterocycles. The van der Waals surface area contributed by atoms with Crippen molar-refractivity contribution in [3.8, 4) is 0 Å². The highest BCUT2D eigenvalue weighted by Crippen LogP contribution is 2.13. The Hall–Kier alpha value is -0.320. The normalized spacial score (nSPS) is 19.2. The first kappa shape index (κ1) is 15.7. The van der Waals surface area contributed by atoms with Gasteiger partial charge in [0.2, 0.25) is 5.91 Å². The Morgan fingerprint density at radius 2 is 2.31 bits per heavy atom. The minimum absolute atomic E-state index is 0. The zero-order valence-corrected chi connectivity index (χ0v) is 11.0. The van der Waals surface area contributed by atoms with E-state index in [0.29, 0.717) is 6.42 Å². The predicted octanol–water partition coefficient (Wildman–Crippen LogP) is 1.05. The van der Waals surface area contributed by atoms with Gasteiger partial charge in [-0.3, -0.25) is 4.79 Å². The zero-order valence-electron chi connectivity index (χ0n) is 10.2. The van der Waals surface area contributed by atoms with Crippen molar-refractivity contribution in [2.24, 2.45) is 0 Å². The van der Waals surface area contributed by atoms with Crippen LogP contribution in [0.3, 0.4) is 0 Å². The molecule has 1 rings (SSSR count). The second kappa shape index (κ2) is 8.79. The van der Waals surface area contributed by atoms with Gasteiger partial charge in [0.1, 0.15) is 0 Å². The van der Waals surface area contributed by atoms with E-state index in [9.17, 15) is 4.79 Å². The fraction of sp³-hybridized carbons (Fsp3) is 0.909. The van der Waals surface area contributed by atoms with Crippen LogP contribution in [0.5, 0.6) is 0 Å². The summed E-state index contributed by atoms with van der Waals surface area (Å²) in [7, 11) is 3.77. The van der Waals surface area contributed by atoms with E-state index < -0.39 is 0 Å².